The van der Waals surface area contributed by atoms with Gasteiger partial charge in [-0.15, -0.1) is 0 Å². The molecule has 6 heteroatoms. The third-order valence-corrected chi connectivity index (χ3v) is 3.21. The van der Waals surface area contributed by atoms with Crippen molar-refractivity contribution in [1.82, 2.24) is 9.78 Å². The van der Waals surface area contributed by atoms with Gasteiger partial charge in [-0.1, -0.05) is 19.3 Å². The van der Waals surface area contributed by atoms with E-state index in [9.17, 15) is 18.3 Å². The fraction of sp³-hybridized carbons (Fsp3) is 0.727. The molecule has 2 unspecified atom stereocenters. The predicted octanol–water partition coefficient (Wildman–Crippen LogP) is 2.77. The maximum absolute atomic E-state index is 12.4. The lowest BCUT2D eigenvalue weighted by Gasteiger charge is -2.20. The maximum atomic E-state index is 12.4. The summed E-state index contributed by atoms with van der Waals surface area (Å²) in [4.78, 5) is 0. The zero-order valence-corrected chi connectivity index (χ0v) is 9.32. The molecule has 1 aliphatic rings. The van der Waals surface area contributed by atoms with Gasteiger partial charge in [0, 0.05) is 6.20 Å². The molecule has 0 aliphatic heterocycles. The van der Waals surface area contributed by atoms with Crippen molar-refractivity contribution < 1.29 is 18.3 Å². The number of nitrogens with zero attached hydrogens (tertiary/aromatic N) is 2. The van der Waals surface area contributed by atoms with E-state index in [-0.39, 0.29) is 6.04 Å². The number of rotatable bonds is 1. The molecule has 0 spiro atoms. The summed E-state index contributed by atoms with van der Waals surface area (Å²) >= 11 is 0. The Bertz CT molecular complexity index is 375. The molecule has 1 aromatic heterocycles. The molecule has 1 saturated carbocycles. The number of aliphatic hydroxyl groups excluding tert-OH is 1. The third kappa shape index (κ3) is 2.80. The first-order valence-electron chi connectivity index (χ1n) is 5.78. The van der Waals surface area contributed by atoms with Crippen LogP contribution in [-0.2, 0) is 6.18 Å². The van der Waals surface area contributed by atoms with Crippen LogP contribution < -0.4 is 0 Å². The summed E-state index contributed by atoms with van der Waals surface area (Å²) in [5.41, 5.74) is -0.756. The van der Waals surface area contributed by atoms with Gasteiger partial charge in [0.1, 0.15) is 0 Å². The summed E-state index contributed by atoms with van der Waals surface area (Å²) in [7, 11) is 0. The van der Waals surface area contributed by atoms with Gasteiger partial charge >= 0.3 is 6.18 Å². The lowest BCUT2D eigenvalue weighted by molar-refractivity contribution is -0.137. The van der Waals surface area contributed by atoms with E-state index in [0.29, 0.717) is 12.8 Å². The zero-order valence-electron chi connectivity index (χ0n) is 9.32. The van der Waals surface area contributed by atoms with Crippen molar-refractivity contribution in [3.8, 4) is 0 Å². The van der Waals surface area contributed by atoms with E-state index in [4.69, 9.17) is 0 Å². The number of aliphatic hydroxyl groups is 1. The van der Waals surface area contributed by atoms with E-state index in [1.165, 1.54) is 4.68 Å². The van der Waals surface area contributed by atoms with Crippen molar-refractivity contribution in [2.45, 2.75) is 50.4 Å². The normalized spacial score (nSPS) is 26.8. The number of alkyl halides is 3. The Morgan fingerprint density at radius 1 is 1.24 bits per heavy atom. The quantitative estimate of drug-likeness (QED) is 0.776. The van der Waals surface area contributed by atoms with Gasteiger partial charge in [-0.2, -0.15) is 18.3 Å². The van der Waals surface area contributed by atoms with Gasteiger partial charge in [0.15, 0.2) is 0 Å². The summed E-state index contributed by atoms with van der Waals surface area (Å²) in [5, 5.41) is 13.6. The monoisotopic (exact) mass is 248 g/mol. The summed E-state index contributed by atoms with van der Waals surface area (Å²) in [6.07, 6.45) is 1.00. The average molecular weight is 248 g/mol. The maximum Gasteiger partial charge on any atom is 0.419 e. The molecule has 1 fully saturated rings. The lowest BCUT2D eigenvalue weighted by Crippen LogP contribution is -2.23. The average Bonchev–Trinajstić information content (AvgIpc) is 2.63. The Morgan fingerprint density at radius 3 is 2.59 bits per heavy atom. The fourth-order valence-electron chi connectivity index (χ4n) is 2.24. The van der Waals surface area contributed by atoms with Crippen LogP contribution in [0.3, 0.4) is 0 Å². The molecule has 2 atom stereocenters. The van der Waals surface area contributed by atoms with Crippen LogP contribution in [0.5, 0.6) is 0 Å². The summed E-state index contributed by atoms with van der Waals surface area (Å²) in [6.45, 7) is 0. The molecule has 1 N–H and O–H groups in total. The smallest absolute Gasteiger partial charge is 0.391 e. The molecule has 0 aromatic carbocycles. The highest BCUT2D eigenvalue weighted by molar-refractivity contribution is 5.09. The van der Waals surface area contributed by atoms with E-state index >= 15 is 0 Å². The molecule has 0 radical (unpaired) electrons. The largest absolute Gasteiger partial charge is 0.419 e. The van der Waals surface area contributed by atoms with Crippen LogP contribution >= 0.6 is 0 Å². The Balaban J connectivity index is 2.18. The van der Waals surface area contributed by atoms with Gasteiger partial charge in [-0.3, -0.25) is 4.68 Å². The van der Waals surface area contributed by atoms with Crippen LogP contribution in [0, 0.1) is 0 Å². The zero-order chi connectivity index (χ0) is 12.5. The first kappa shape index (κ1) is 12.4. The lowest BCUT2D eigenvalue weighted by atomic mass is 10.1. The van der Waals surface area contributed by atoms with Gasteiger partial charge in [-0.25, -0.2) is 0 Å². The number of hydrogen-bond donors (Lipinski definition) is 1. The molecule has 1 heterocycles. The SMILES string of the molecule is OC1CCCCCC1n1cc(C(F)(F)F)cn1. The van der Waals surface area contributed by atoms with Gasteiger partial charge < -0.3 is 5.11 Å². The highest BCUT2D eigenvalue weighted by Gasteiger charge is 2.33. The van der Waals surface area contributed by atoms with Gasteiger partial charge in [0.2, 0.25) is 0 Å². The Morgan fingerprint density at radius 2 is 1.94 bits per heavy atom. The van der Waals surface area contributed by atoms with E-state index < -0.39 is 17.8 Å². The van der Waals surface area contributed by atoms with Crippen molar-refractivity contribution in [2.24, 2.45) is 0 Å². The number of aromatic nitrogens is 2. The van der Waals surface area contributed by atoms with Crippen molar-refractivity contribution in [3.05, 3.63) is 18.0 Å². The molecule has 2 rings (SSSR count). The van der Waals surface area contributed by atoms with Crippen molar-refractivity contribution in [2.75, 3.05) is 0 Å². The molecule has 1 aliphatic carbocycles. The first-order valence-corrected chi connectivity index (χ1v) is 5.78. The molecule has 1 aromatic rings. The van der Waals surface area contributed by atoms with Crippen LogP contribution in [0.1, 0.15) is 43.7 Å². The fourth-order valence-corrected chi connectivity index (χ4v) is 2.24. The van der Waals surface area contributed by atoms with Gasteiger partial charge in [-0.05, 0) is 12.8 Å². The Labute approximate surface area is 97.2 Å². The second kappa shape index (κ2) is 4.68. The highest BCUT2D eigenvalue weighted by Crippen LogP contribution is 2.32. The Hall–Kier alpha value is -1.04. The molecule has 96 valence electrons. The van der Waals surface area contributed by atoms with Crippen LogP contribution in [0.25, 0.3) is 0 Å². The molecule has 0 saturated heterocycles. The topological polar surface area (TPSA) is 38.0 Å². The summed E-state index contributed by atoms with van der Waals surface area (Å²) in [5.74, 6) is 0. The minimum Gasteiger partial charge on any atom is -0.391 e. The minimum absolute atomic E-state index is 0.325. The summed E-state index contributed by atoms with van der Waals surface area (Å²) in [6, 6.07) is -0.325. The standard InChI is InChI=1S/C11H15F3N2O/c12-11(13,14)8-6-15-16(7-8)9-4-2-1-3-5-10(9)17/h6-7,9-10,17H,1-5H2. The molecular formula is C11H15F3N2O. The van der Waals surface area contributed by atoms with Gasteiger partial charge in [0.25, 0.3) is 0 Å². The predicted molar refractivity (Wildman–Crippen MR) is 55.4 cm³/mol. The molecular weight excluding hydrogens is 233 g/mol. The third-order valence-electron chi connectivity index (χ3n) is 3.21. The van der Waals surface area contributed by atoms with Crippen LogP contribution in [0.2, 0.25) is 0 Å². The van der Waals surface area contributed by atoms with E-state index in [1.54, 1.807) is 0 Å². The molecule has 3 nitrogen and oxygen atoms in total. The van der Waals surface area contributed by atoms with E-state index in [1.807, 2.05) is 0 Å². The number of hydrogen-bond acceptors (Lipinski definition) is 2. The highest BCUT2D eigenvalue weighted by atomic mass is 19.4. The van der Waals surface area contributed by atoms with Crippen LogP contribution in [0.4, 0.5) is 13.2 Å². The van der Waals surface area contributed by atoms with Gasteiger partial charge in [0.05, 0.1) is 23.9 Å². The molecule has 0 amide bonds. The number of halogens is 3. The van der Waals surface area contributed by atoms with E-state index in [2.05, 4.69) is 5.10 Å². The molecule has 17 heavy (non-hydrogen) atoms. The van der Waals surface area contributed by atoms with Crippen molar-refractivity contribution in [1.29, 1.82) is 0 Å². The van der Waals surface area contributed by atoms with E-state index in [0.717, 1.165) is 31.7 Å². The second-order valence-corrected chi connectivity index (χ2v) is 4.48. The first-order chi connectivity index (χ1) is 7.98. The van der Waals surface area contributed by atoms with Crippen LogP contribution in [-0.4, -0.2) is 21.0 Å². The van der Waals surface area contributed by atoms with Crippen molar-refractivity contribution in [3.63, 3.8) is 0 Å². The Kier molecular flexibility index (Phi) is 3.42. The summed E-state index contributed by atoms with van der Waals surface area (Å²) < 4.78 is 38.6. The second-order valence-electron chi connectivity index (χ2n) is 4.48. The molecule has 0 bridgehead atoms. The van der Waals surface area contributed by atoms with Crippen molar-refractivity contribution >= 4 is 0 Å². The minimum atomic E-state index is -4.37. The van der Waals surface area contributed by atoms with Crippen LogP contribution in [0.15, 0.2) is 12.4 Å².